The molecule has 0 aliphatic carbocycles. The summed E-state index contributed by atoms with van der Waals surface area (Å²) in [5, 5.41) is 6.28. The van der Waals surface area contributed by atoms with Gasteiger partial charge in [-0.15, -0.1) is 0 Å². The zero-order valence-corrected chi connectivity index (χ0v) is 6.94. The molecule has 0 aromatic heterocycles. The van der Waals surface area contributed by atoms with Crippen molar-refractivity contribution in [3.63, 3.8) is 0 Å². The van der Waals surface area contributed by atoms with Crippen LogP contribution in [0.4, 0.5) is 0 Å². The van der Waals surface area contributed by atoms with Crippen molar-refractivity contribution in [2.75, 3.05) is 0 Å². The normalized spacial score (nSPS) is 5.67. The second kappa shape index (κ2) is 10.6. The number of Topliss-reactive ketones (excluding diaryl/α,β-unsaturated/α-hetero) is 1. The van der Waals surface area contributed by atoms with Crippen molar-refractivity contribution >= 4 is 11.6 Å². The van der Waals surface area contributed by atoms with E-state index in [4.69, 9.17) is 11.1 Å². The van der Waals surface area contributed by atoms with Crippen molar-refractivity contribution in [3.05, 3.63) is 0 Å². The van der Waals surface area contributed by atoms with E-state index < -0.39 is 0 Å². The first kappa shape index (κ1) is 15.9. The van der Waals surface area contributed by atoms with Crippen LogP contribution in [-0.4, -0.2) is 11.6 Å². The Kier molecular flexibility index (Phi) is 18.7. The second-order valence-corrected chi connectivity index (χ2v) is 1.59. The van der Waals surface area contributed by atoms with E-state index in [0.29, 0.717) is 0 Å². The van der Waals surface area contributed by atoms with Crippen molar-refractivity contribution in [2.24, 2.45) is 5.73 Å². The predicted molar refractivity (Wildman–Crippen MR) is 33.9 cm³/mol. The Morgan fingerprint density at radius 2 is 1.33 bits per heavy atom. The molecule has 4 heteroatoms. The van der Waals surface area contributed by atoms with Crippen molar-refractivity contribution in [1.82, 2.24) is 0 Å². The molecule has 56 valence electrons. The van der Waals surface area contributed by atoms with E-state index in [1.54, 1.807) is 0 Å². The van der Waals surface area contributed by atoms with Gasteiger partial charge in [0.15, 0.2) is 0 Å². The van der Waals surface area contributed by atoms with Crippen molar-refractivity contribution < 1.29 is 21.9 Å². The molecule has 0 unspecified atom stereocenters. The van der Waals surface area contributed by atoms with Crippen LogP contribution in [0.3, 0.4) is 0 Å². The first-order valence-electron chi connectivity index (χ1n) is 2.24. The second-order valence-electron chi connectivity index (χ2n) is 1.59. The third kappa shape index (κ3) is 2120. The summed E-state index contributed by atoms with van der Waals surface area (Å²) >= 11 is 0. The van der Waals surface area contributed by atoms with E-state index in [-0.39, 0.29) is 28.7 Å². The van der Waals surface area contributed by atoms with E-state index in [0.717, 1.165) is 0 Å². The van der Waals surface area contributed by atoms with Crippen LogP contribution in [0.2, 0.25) is 0 Å². The van der Waals surface area contributed by atoms with Gasteiger partial charge in [0.25, 0.3) is 0 Å². The standard InChI is InChI=1S/C3H6O.C2H6N2.Fe/c1-3(2)4;1-2(3)4;/h1-2H3;1H3,(H3,3,4);. The van der Waals surface area contributed by atoms with Gasteiger partial charge in [-0.05, 0) is 20.8 Å². The zero-order chi connectivity index (χ0) is 7.15. The van der Waals surface area contributed by atoms with Gasteiger partial charge in [0.2, 0.25) is 0 Å². The van der Waals surface area contributed by atoms with Crippen LogP contribution < -0.4 is 5.73 Å². The zero-order valence-electron chi connectivity index (χ0n) is 5.84. The fourth-order valence-corrected chi connectivity index (χ4v) is 0. The van der Waals surface area contributed by atoms with Crippen LogP contribution in [0.1, 0.15) is 20.8 Å². The first-order chi connectivity index (χ1) is 3.46. The molecule has 0 saturated carbocycles. The summed E-state index contributed by atoms with van der Waals surface area (Å²) in [5.74, 6) is 0.333. The molecule has 0 saturated heterocycles. The van der Waals surface area contributed by atoms with Gasteiger partial charge in [0, 0.05) is 17.1 Å². The van der Waals surface area contributed by atoms with Crippen LogP contribution in [0.25, 0.3) is 0 Å². The molecule has 0 aliphatic rings. The molecule has 0 fully saturated rings. The SMILES string of the molecule is CC(=N)N.CC(C)=O.[Fe]. The number of ketones is 1. The maximum Gasteiger partial charge on any atom is 0.126 e. The Balaban J connectivity index is -0.0000000720. The Morgan fingerprint density at radius 3 is 1.33 bits per heavy atom. The van der Waals surface area contributed by atoms with Gasteiger partial charge < -0.3 is 10.5 Å². The Bertz CT molecular complexity index is 73.0. The minimum Gasteiger partial charge on any atom is -0.388 e. The molecule has 0 heterocycles. The maximum absolute atomic E-state index is 9.44. The van der Waals surface area contributed by atoms with E-state index in [1.165, 1.54) is 20.8 Å². The number of nitrogens with one attached hydrogen (secondary N) is 1. The van der Waals surface area contributed by atoms with E-state index in [1.807, 2.05) is 0 Å². The van der Waals surface area contributed by atoms with E-state index >= 15 is 0 Å². The van der Waals surface area contributed by atoms with Crippen molar-refractivity contribution in [3.8, 4) is 0 Å². The summed E-state index contributed by atoms with van der Waals surface area (Å²) in [6, 6.07) is 0. The van der Waals surface area contributed by atoms with Crippen LogP contribution in [-0.2, 0) is 21.9 Å². The molecule has 0 aromatic carbocycles. The van der Waals surface area contributed by atoms with Gasteiger partial charge in [0.1, 0.15) is 5.78 Å². The van der Waals surface area contributed by atoms with Crippen LogP contribution in [0.5, 0.6) is 0 Å². The summed E-state index contributed by atoms with van der Waals surface area (Å²) in [7, 11) is 0. The topological polar surface area (TPSA) is 66.9 Å². The number of hydrogen-bond acceptors (Lipinski definition) is 2. The van der Waals surface area contributed by atoms with Gasteiger partial charge >= 0.3 is 0 Å². The Hall–Kier alpha value is -0.341. The number of carbonyl (C=O) groups excluding carboxylic acids is 1. The molecular weight excluding hydrogens is 160 g/mol. The van der Waals surface area contributed by atoms with Gasteiger partial charge in [-0.2, -0.15) is 0 Å². The third-order valence-electron chi connectivity index (χ3n) is 0. The monoisotopic (exact) mass is 172 g/mol. The first-order valence-corrected chi connectivity index (χ1v) is 2.24. The van der Waals surface area contributed by atoms with Crippen LogP contribution >= 0.6 is 0 Å². The predicted octanol–water partition coefficient (Wildman–Crippen LogP) is 0.535. The summed E-state index contributed by atoms with van der Waals surface area (Å²) < 4.78 is 0. The molecule has 0 rings (SSSR count). The summed E-state index contributed by atoms with van der Waals surface area (Å²) in [5.41, 5.74) is 4.69. The molecule has 9 heavy (non-hydrogen) atoms. The fraction of sp³-hybridized carbons (Fsp3) is 0.600. The number of rotatable bonds is 0. The number of hydrogen-bond donors (Lipinski definition) is 2. The number of carbonyl (C=O) groups is 1. The molecule has 0 spiro atoms. The minimum absolute atomic E-state index is 0. The molecule has 0 atom stereocenters. The van der Waals surface area contributed by atoms with Crippen LogP contribution in [0, 0.1) is 5.41 Å². The minimum atomic E-state index is 0. The summed E-state index contributed by atoms with van der Waals surface area (Å²) in [6.07, 6.45) is 0. The summed E-state index contributed by atoms with van der Waals surface area (Å²) in [6.45, 7) is 4.58. The van der Waals surface area contributed by atoms with E-state index in [9.17, 15) is 4.79 Å². The quantitative estimate of drug-likeness (QED) is 0.318. The molecule has 0 aromatic rings. The number of amidine groups is 1. The van der Waals surface area contributed by atoms with Crippen molar-refractivity contribution in [1.29, 1.82) is 5.41 Å². The van der Waals surface area contributed by atoms with Gasteiger partial charge in [-0.25, -0.2) is 0 Å². The largest absolute Gasteiger partial charge is 0.388 e. The van der Waals surface area contributed by atoms with Gasteiger partial charge in [-0.3, -0.25) is 5.41 Å². The third-order valence-corrected chi connectivity index (χ3v) is 0. The van der Waals surface area contributed by atoms with Gasteiger partial charge in [0.05, 0.1) is 5.84 Å². The molecule has 0 amide bonds. The molecule has 3 nitrogen and oxygen atoms in total. The Morgan fingerprint density at radius 1 is 1.33 bits per heavy atom. The van der Waals surface area contributed by atoms with Gasteiger partial charge in [-0.1, -0.05) is 0 Å². The molecule has 0 bridgehead atoms. The molecule has 0 radical (unpaired) electrons. The average molecular weight is 172 g/mol. The Labute approximate surface area is 66.0 Å². The van der Waals surface area contributed by atoms with Crippen molar-refractivity contribution in [2.45, 2.75) is 20.8 Å². The maximum atomic E-state index is 9.44. The average Bonchev–Trinajstić information content (AvgIpc) is 1.25. The molecule has 3 N–H and O–H groups in total. The molecule has 0 aliphatic heterocycles. The van der Waals surface area contributed by atoms with Crippen LogP contribution in [0.15, 0.2) is 0 Å². The molecular formula is C5H12FeN2O. The smallest absolute Gasteiger partial charge is 0.126 e. The summed E-state index contributed by atoms with van der Waals surface area (Å²) in [4.78, 5) is 9.44. The fourth-order valence-electron chi connectivity index (χ4n) is 0. The number of nitrogens with two attached hydrogens (primary N) is 1. The van der Waals surface area contributed by atoms with E-state index in [2.05, 4.69) is 0 Å².